The van der Waals surface area contributed by atoms with Crippen LogP contribution >= 0.6 is 11.6 Å². The van der Waals surface area contributed by atoms with Gasteiger partial charge in [-0.3, -0.25) is 4.79 Å². The molecule has 1 N–H and O–H groups in total. The van der Waals surface area contributed by atoms with E-state index >= 15 is 0 Å². The third-order valence-electron chi connectivity index (χ3n) is 2.77. The van der Waals surface area contributed by atoms with E-state index in [0.717, 1.165) is 6.42 Å². The van der Waals surface area contributed by atoms with Crippen molar-refractivity contribution in [2.45, 2.75) is 71.3 Å². The summed E-state index contributed by atoms with van der Waals surface area (Å²) in [7, 11) is 0. The zero-order chi connectivity index (χ0) is 12.2. The molecule has 0 rings (SSSR count). The summed E-state index contributed by atoms with van der Waals surface area (Å²) in [5.74, 6) is 0.0126. The average molecular weight is 248 g/mol. The Kier molecular flexibility index (Phi) is 11.1. The highest BCUT2D eigenvalue weighted by Crippen LogP contribution is 2.09. The molecule has 0 fully saturated rings. The van der Waals surface area contributed by atoms with Gasteiger partial charge in [-0.05, 0) is 13.3 Å². The minimum atomic E-state index is -0.0582. The highest BCUT2D eigenvalue weighted by molar-refractivity contribution is 6.27. The molecule has 1 amide bonds. The SMILES string of the molecule is CCCCCCCCC[C@H](C)NC(=O)CCl. The third kappa shape index (κ3) is 10.3. The maximum absolute atomic E-state index is 11.0. The number of nitrogens with one attached hydrogen (secondary N) is 1. The van der Waals surface area contributed by atoms with Crippen LogP contribution in [0, 0.1) is 0 Å². The number of hydrogen-bond donors (Lipinski definition) is 1. The van der Waals surface area contributed by atoms with Crippen molar-refractivity contribution >= 4 is 17.5 Å². The van der Waals surface area contributed by atoms with Crippen LogP contribution in [-0.2, 0) is 4.79 Å². The predicted octanol–water partition coefficient (Wildman–Crippen LogP) is 3.87. The summed E-state index contributed by atoms with van der Waals surface area (Å²) in [5, 5.41) is 2.87. The van der Waals surface area contributed by atoms with E-state index in [1.54, 1.807) is 0 Å². The molecule has 2 nitrogen and oxygen atoms in total. The Hall–Kier alpha value is -0.240. The zero-order valence-electron chi connectivity index (χ0n) is 10.7. The Morgan fingerprint density at radius 3 is 2.25 bits per heavy atom. The van der Waals surface area contributed by atoms with E-state index in [1.807, 2.05) is 6.92 Å². The second-order valence-electron chi connectivity index (χ2n) is 4.51. The summed E-state index contributed by atoms with van der Waals surface area (Å²) in [5.41, 5.74) is 0. The first kappa shape index (κ1) is 15.8. The second kappa shape index (κ2) is 11.3. The van der Waals surface area contributed by atoms with Gasteiger partial charge in [-0.15, -0.1) is 11.6 Å². The van der Waals surface area contributed by atoms with Crippen LogP contribution in [0.25, 0.3) is 0 Å². The molecule has 0 aromatic carbocycles. The van der Waals surface area contributed by atoms with Crippen molar-refractivity contribution in [3.63, 3.8) is 0 Å². The molecular formula is C13H26ClNO. The number of carbonyl (C=O) groups is 1. The average Bonchev–Trinajstić information content (AvgIpc) is 2.27. The van der Waals surface area contributed by atoms with E-state index < -0.39 is 0 Å². The maximum atomic E-state index is 11.0. The number of amides is 1. The topological polar surface area (TPSA) is 29.1 Å². The summed E-state index contributed by atoms with van der Waals surface area (Å²) in [6, 6.07) is 0.266. The number of carbonyl (C=O) groups excluding carboxylic acids is 1. The molecule has 16 heavy (non-hydrogen) atoms. The van der Waals surface area contributed by atoms with Gasteiger partial charge in [-0.1, -0.05) is 51.9 Å². The van der Waals surface area contributed by atoms with Gasteiger partial charge < -0.3 is 5.32 Å². The summed E-state index contributed by atoms with van der Waals surface area (Å²) in [4.78, 5) is 11.0. The molecule has 0 aliphatic carbocycles. The molecule has 0 unspecified atom stereocenters. The van der Waals surface area contributed by atoms with E-state index in [4.69, 9.17) is 11.6 Å². The van der Waals surface area contributed by atoms with Crippen molar-refractivity contribution in [2.75, 3.05) is 5.88 Å². The normalized spacial score (nSPS) is 12.4. The van der Waals surface area contributed by atoms with Gasteiger partial charge in [0.05, 0.1) is 0 Å². The quantitative estimate of drug-likeness (QED) is 0.461. The van der Waals surface area contributed by atoms with Crippen LogP contribution in [0.3, 0.4) is 0 Å². The minimum Gasteiger partial charge on any atom is -0.353 e. The second-order valence-corrected chi connectivity index (χ2v) is 4.78. The van der Waals surface area contributed by atoms with Gasteiger partial charge in [0, 0.05) is 6.04 Å². The Morgan fingerprint density at radius 1 is 1.12 bits per heavy atom. The molecule has 96 valence electrons. The van der Waals surface area contributed by atoms with Crippen molar-refractivity contribution in [2.24, 2.45) is 0 Å². The van der Waals surface area contributed by atoms with E-state index in [9.17, 15) is 4.79 Å². The Morgan fingerprint density at radius 2 is 1.69 bits per heavy atom. The van der Waals surface area contributed by atoms with E-state index in [1.165, 1.54) is 44.9 Å². The fourth-order valence-corrected chi connectivity index (χ4v) is 1.87. The first-order chi connectivity index (χ1) is 7.70. The highest BCUT2D eigenvalue weighted by atomic mass is 35.5. The summed E-state index contributed by atoms with van der Waals surface area (Å²) in [6.07, 6.45) is 10.3. The monoisotopic (exact) mass is 247 g/mol. The summed E-state index contributed by atoms with van der Waals surface area (Å²) in [6.45, 7) is 4.28. The molecule has 0 bridgehead atoms. The lowest BCUT2D eigenvalue weighted by atomic mass is 10.1. The van der Waals surface area contributed by atoms with Gasteiger partial charge in [0.25, 0.3) is 0 Å². The largest absolute Gasteiger partial charge is 0.353 e. The maximum Gasteiger partial charge on any atom is 0.235 e. The number of halogens is 1. The lowest BCUT2D eigenvalue weighted by Crippen LogP contribution is -2.33. The first-order valence-corrected chi connectivity index (χ1v) is 7.09. The van der Waals surface area contributed by atoms with Crippen molar-refractivity contribution in [3.8, 4) is 0 Å². The lowest BCUT2D eigenvalue weighted by Gasteiger charge is -2.12. The van der Waals surface area contributed by atoms with Crippen LogP contribution in [0.4, 0.5) is 0 Å². The van der Waals surface area contributed by atoms with Gasteiger partial charge in [0.2, 0.25) is 5.91 Å². The van der Waals surface area contributed by atoms with E-state index in [0.29, 0.717) is 0 Å². The van der Waals surface area contributed by atoms with Gasteiger partial charge in [-0.2, -0.15) is 0 Å². The number of unbranched alkanes of at least 4 members (excludes halogenated alkanes) is 6. The van der Waals surface area contributed by atoms with Crippen molar-refractivity contribution in [1.29, 1.82) is 0 Å². The zero-order valence-corrected chi connectivity index (χ0v) is 11.5. The highest BCUT2D eigenvalue weighted by Gasteiger charge is 2.04. The van der Waals surface area contributed by atoms with Gasteiger partial charge in [0.1, 0.15) is 5.88 Å². The minimum absolute atomic E-state index is 0.0582. The molecule has 0 saturated carbocycles. The third-order valence-corrected chi connectivity index (χ3v) is 3.01. The van der Waals surface area contributed by atoms with Crippen molar-refractivity contribution in [3.05, 3.63) is 0 Å². The fourth-order valence-electron chi connectivity index (χ4n) is 1.79. The summed E-state index contributed by atoms with van der Waals surface area (Å²) >= 11 is 5.42. The standard InChI is InChI=1S/C13H26ClNO/c1-3-4-5-6-7-8-9-10-12(2)15-13(16)11-14/h12H,3-11H2,1-2H3,(H,15,16)/t12-/m0/s1. The molecule has 0 heterocycles. The van der Waals surface area contributed by atoms with Gasteiger partial charge in [-0.25, -0.2) is 0 Å². The van der Waals surface area contributed by atoms with Crippen LogP contribution in [0.2, 0.25) is 0 Å². The molecule has 0 radical (unpaired) electrons. The van der Waals surface area contributed by atoms with Gasteiger partial charge >= 0.3 is 0 Å². The fraction of sp³-hybridized carbons (Fsp3) is 0.923. The Bertz CT molecular complexity index is 173. The Labute approximate surface area is 105 Å². The number of hydrogen-bond acceptors (Lipinski definition) is 1. The van der Waals surface area contributed by atoms with Crippen LogP contribution in [0.1, 0.15) is 65.2 Å². The molecule has 0 aliphatic rings. The van der Waals surface area contributed by atoms with Crippen LogP contribution in [0.5, 0.6) is 0 Å². The first-order valence-electron chi connectivity index (χ1n) is 6.56. The van der Waals surface area contributed by atoms with Gasteiger partial charge in [0.15, 0.2) is 0 Å². The molecule has 3 heteroatoms. The number of rotatable bonds is 10. The van der Waals surface area contributed by atoms with Crippen molar-refractivity contribution in [1.82, 2.24) is 5.32 Å². The molecular weight excluding hydrogens is 222 g/mol. The Balaban J connectivity index is 3.21. The number of alkyl halides is 1. The molecule has 0 aromatic heterocycles. The predicted molar refractivity (Wildman–Crippen MR) is 70.9 cm³/mol. The molecule has 0 saturated heterocycles. The summed E-state index contributed by atoms with van der Waals surface area (Å²) < 4.78 is 0. The molecule has 0 aromatic rings. The van der Waals surface area contributed by atoms with E-state index in [-0.39, 0.29) is 17.8 Å². The van der Waals surface area contributed by atoms with Crippen LogP contribution in [0.15, 0.2) is 0 Å². The van der Waals surface area contributed by atoms with E-state index in [2.05, 4.69) is 12.2 Å². The van der Waals surface area contributed by atoms with Crippen LogP contribution < -0.4 is 5.32 Å². The van der Waals surface area contributed by atoms with Crippen molar-refractivity contribution < 1.29 is 4.79 Å². The lowest BCUT2D eigenvalue weighted by molar-refractivity contribution is -0.119. The molecule has 1 atom stereocenters. The smallest absolute Gasteiger partial charge is 0.235 e. The molecule has 0 aliphatic heterocycles. The van der Waals surface area contributed by atoms with Crippen LogP contribution in [-0.4, -0.2) is 17.8 Å². The molecule has 0 spiro atoms.